The van der Waals surface area contributed by atoms with Crippen molar-refractivity contribution in [3.8, 4) is 0 Å². The summed E-state index contributed by atoms with van der Waals surface area (Å²) in [5.74, 6) is 0.821. The van der Waals surface area contributed by atoms with Crippen molar-refractivity contribution in [1.29, 1.82) is 0 Å². The van der Waals surface area contributed by atoms with Gasteiger partial charge < -0.3 is 19.5 Å². The maximum atomic E-state index is 14.1. The van der Waals surface area contributed by atoms with Crippen LogP contribution >= 0.6 is 11.6 Å². The molecule has 1 amide bonds. The summed E-state index contributed by atoms with van der Waals surface area (Å²) in [6.45, 7) is 2.52. The van der Waals surface area contributed by atoms with E-state index >= 15 is 0 Å². The van der Waals surface area contributed by atoms with Gasteiger partial charge in [0.05, 0.1) is 6.26 Å². The molecule has 28 heavy (non-hydrogen) atoms. The smallest absolute Gasteiger partial charge is 0.289 e. The zero-order valence-corrected chi connectivity index (χ0v) is 16.3. The van der Waals surface area contributed by atoms with Crippen molar-refractivity contribution < 1.29 is 13.6 Å². The Bertz CT molecular complexity index is 858. The average Bonchev–Trinajstić information content (AvgIpc) is 3.22. The lowest BCUT2D eigenvalue weighted by molar-refractivity contribution is 0.0657. The van der Waals surface area contributed by atoms with Crippen molar-refractivity contribution in [3.63, 3.8) is 0 Å². The summed E-state index contributed by atoms with van der Waals surface area (Å²) < 4.78 is 19.3. The Morgan fingerprint density at radius 3 is 2.61 bits per heavy atom. The Morgan fingerprint density at radius 2 is 1.96 bits per heavy atom. The summed E-state index contributed by atoms with van der Waals surface area (Å²) in [5.41, 5.74) is 0.575. The standard InChI is InChI=1S/C20H22ClFN4O2/c1-23-20(24-16-12-13(16)18-14(21)4-2-5-15(18)22)26-9-7-25(8-10-26)19(27)17-6-3-11-28-17/h2-6,11,13,16H,7-10,12H2,1H3,(H,23,24). The molecule has 0 bridgehead atoms. The molecular formula is C20H22ClFN4O2. The normalized spacial score (nSPS) is 22.3. The third-order valence-corrected chi connectivity index (χ3v) is 5.62. The van der Waals surface area contributed by atoms with E-state index in [9.17, 15) is 9.18 Å². The third-order valence-electron chi connectivity index (χ3n) is 5.29. The van der Waals surface area contributed by atoms with Crippen molar-refractivity contribution in [2.75, 3.05) is 33.2 Å². The minimum Gasteiger partial charge on any atom is -0.459 e. The number of guanidine groups is 1. The van der Waals surface area contributed by atoms with Crippen molar-refractivity contribution in [2.24, 2.45) is 4.99 Å². The van der Waals surface area contributed by atoms with Gasteiger partial charge in [-0.1, -0.05) is 17.7 Å². The van der Waals surface area contributed by atoms with Crippen molar-refractivity contribution in [2.45, 2.75) is 18.4 Å². The molecule has 1 saturated heterocycles. The van der Waals surface area contributed by atoms with Crippen LogP contribution in [0, 0.1) is 5.82 Å². The maximum Gasteiger partial charge on any atom is 0.289 e. The molecule has 1 aromatic carbocycles. The highest BCUT2D eigenvalue weighted by Crippen LogP contribution is 2.45. The number of nitrogens with zero attached hydrogens (tertiary/aromatic N) is 3. The number of hydrogen-bond donors (Lipinski definition) is 1. The van der Waals surface area contributed by atoms with E-state index in [1.807, 2.05) is 0 Å². The Balaban J connectivity index is 1.33. The fourth-order valence-corrected chi connectivity index (χ4v) is 3.98. The first-order valence-corrected chi connectivity index (χ1v) is 9.71. The monoisotopic (exact) mass is 404 g/mol. The predicted molar refractivity (Wildman–Crippen MR) is 105 cm³/mol. The van der Waals surface area contributed by atoms with Crippen LogP contribution in [0.4, 0.5) is 4.39 Å². The van der Waals surface area contributed by atoms with E-state index < -0.39 is 0 Å². The molecule has 6 nitrogen and oxygen atoms in total. The molecule has 2 aromatic rings. The predicted octanol–water partition coefficient (Wildman–Crippen LogP) is 2.96. The molecule has 4 rings (SSSR count). The van der Waals surface area contributed by atoms with Gasteiger partial charge in [-0.05, 0) is 30.7 Å². The highest BCUT2D eigenvalue weighted by Gasteiger charge is 2.42. The highest BCUT2D eigenvalue weighted by molar-refractivity contribution is 6.31. The summed E-state index contributed by atoms with van der Waals surface area (Å²) in [5, 5.41) is 3.88. The van der Waals surface area contributed by atoms with Crippen LogP contribution in [-0.4, -0.2) is 60.9 Å². The van der Waals surface area contributed by atoms with Crippen molar-refractivity contribution in [3.05, 3.63) is 58.8 Å². The molecular weight excluding hydrogens is 383 g/mol. The third kappa shape index (κ3) is 3.71. The number of benzene rings is 1. The molecule has 1 N–H and O–H groups in total. The quantitative estimate of drug-likeness (QED) is 0.631. The summed E-state index contributed by atoms with van der Waals surface area (Å²) in [6, 6.07) is 8.28. The molecule has 8 heteroatoms. The van der Waals surface area contributed by atoms with Crippen LogP contribution in [0.1, 0.15) is 28.5 Å². The van der Waals surface area contributed by atoms with Gasteiger partial charge in [0.1, 0.15) is 5.82 Å². The number of halogens is 2. The van der Waals surface area contributed by atoms with Gasteiger partial charge in [0.2, 0.25) is 0 Å². The number of furan rings is 1. The molecule has 1 saturated carbocycles. The second kappa shape index (κ2) is 7.83. The van der Waals surface area contributed by atoms with Crippen molar-refractivity contribution >= 4 is 23.5 Å². The fraction of sp³-hybridized carbons (Fsp3) is 0.400. The molecule has 0 spiro atoms. The molecule has 0 radical (unpaired) electrons. The van der Waals surface area contributed by atoms with E-state index in [2.05, 4.69) is 15.2 Å². The molecule has 2 heterocycles. The second-order valence-electron chi connectivity index (χ2n) is 7.03. The lowest BCUT2D eigenvalue weighted by Crippen LogP contribution is -2.54. The number of hydrogen-bond acceptors (Lipinski definition) is 3. The number of carbonyl (C=O) groups is 1. The number of piperazine rings is 1. The molecule has 2 fully saturated rings. The van der Waals surface area contributed by atoms with Crippen LogP contribution in [0.25, 0.3) is 0 Å². The summed E-state index contributed by atoms with van der Waals surface area (Å²) in [4.78, 5) is 20.6. The number of aliphatic imine (C=N–C) groups is 1. The van der Waals surface area contributed by atoms with Gasteiger partial charge in [-0.3, -0.25) is 9.79 Å². The van der Waals surface area contributed by atoms with E-state index in [0.29, 0.717) is 42.5 Å². The van der Waals surface area contributed by atoms with Crippen LogP contribution in [-0.2, 0) is 0 Å². The first-order chi connectivity index (χ1) is 13.6. The maximum absolute atomic E-state index is 14.1. The van der Waals surface area contributed by atoms with Gasteiger partial charge in [0.15, 0.2) is 11.7 Å². The SMILES string of the molecule is CN=C(NC1CC1c1c(F)cccc1Cl)N1CCN(C(=O)c2ccco2)CC1. The summed E-state index contributed by atoms with van der Waals surface area (Å²) in [7, 11) is 1.73. The zero-order valence-electron chi connectivity index (χ0n) is 15.6. The summed E-state index contributed by atoms with van der Waals surface area (Å²) in [6.07, 6.45) is 2.32. The van der Waals surface area contributed by atoms with E-state index in [0.717, 1.165) is 12.4 Å². The van der Waals surface area contributed by atoms with Crippen LogP contribution in [0.2, 0.25) is 5.02 Å². The van der Waals surface area contributed by atoms with Gasteiger partial charge in [-0.15, -0.1) is 0 Å². The van der Waals surface area contributed by atoms with Gasteiger partial charge in [0, 0.05) is 55.8 Å². The number of carbonyl (C=O) groups excluding carboxylic acids is 1. The van der Waals surface area contributed by atoms with E-state index in [-0.39, 0.29) is 23.7 Å². The highest BCUT2D eigenvalue weighted by atomic mass is 35.5. The van der Waals surface area contributed by atoms with Gasteiger partial charge >= 0.3 is 0 Å². The topological polar surface area (TPSA) is 61.1 Å². The number of nitrogens with one attached hydrogen (secondary N) is 1. The molecule has 2 unspecified atom stereocenters. The molecule has 2 atom stereocenters. The van der Waals surface area contributed by atoms with Gasteiger partial charge in [-0.2, -0.15) is 0 Å². The van der Waals surface area contributed by atoms with E-state index in [4.69, 9.17) is 16.0 Å². The Labute approximate surface area is 168 Å². The zero-order chi connectivity index (χ0) is 19.7. The minimum absolute atomic E-state index is 0.0484. The lowest BCUT2D eigenvalue weighted by atomic mass is 10.1. The summed E-state index contributed by atoms with van der Waals surface area (Å²) >= 11 is 6.18. The van der Waals surface area contributed by atoms with Crippen LogP contribution in [0.5, 0.6) is 0 Å². The Kier molecular flexibility index (Phi) is 5.26. The molecule has 2 aliphatic rings. The van der Waals surface area contributed by atoms with Crippen LogP contribution < -0.4 is 5.32 Å². The van der Waals surface area contributed by atoms with Gasteiger partial charge in [-0.25, -0.2) is 4.39 Å². The largest absolute Gasteiger partial charge is 0.459 e. The minimum atomic E-state index is -0.262. The average molecular weight is 405 g/mol. The van der Waals surface area contributed by atoms with Crippen molar-refractivity contribution in [1.82, 2.24) is 15.1 Å². The molecule has 1 aromatic heterocycles. The first kappa shape index (κ1) is 18.8. The van der Waals surface area contributed by atoms with Crippen LogP contribution in [0.3, 0.4) is 0 Å². The Morgan fingerprint density at radius 1 is 1.21 bits per heavy atom. The lowest BCUT2D eigenvalue weighted by Gasteiger charge is -2.36. The molecule has 1 aliphatic carbocycles. The number of rotatable bonds is 3. The molecule has 1 aliphatic heterocycles. The Hall–Kier alpha value is -2.54. The molecule has 148 valence electrons. The van der Waals surface area contributed by atoms with Crippen LogP contribution in [0.15, 0.2) is 46.0 Å². The second-order valence-corrected chi connectivity index (χ2v) is 7.44. The van der Waals surface area contributed by atoms with E-state index in [1.165, 1.54) is 12.3 Å². The fourth-order valence-electron chi connectivity index (χ4n) is 3.68. The number of amides is 1. The van der Waals surface area contributed by atoms with Gasteiger partial charge in [0.25, 0.3) is 5.91 Å². The first-order valence-electron chi connectivity index (χ1n) is 9.33. The van der Waals surface area contributed by atoms with E-state index in [1.54, 1.807) is 36.2 Å².